The fourth-order valence-electron chi connectivity index (χ4n) is 2.62. The van der Waals surface area contributed by atoms with Crippen molar-refractivity contribution >= 4 is 35.8 Å². The van der Waals surface area contributed by atoms with Crippen LogP contribution in [0.25, 0.3) is 0 Å². The Morgan fingerprint density at radius 3 is 2.46 bits per heavy atom. The Morgan fingerprint density at radius 1 is 1.17 bits per heavy atom. The minimum Gasteiger partial charge on any atom is -0.497 e. The van der Waals surface area contributed by atoms with Gasteiger partial charge in [-0.3, -0.25) is 0 Å². The number of methoxy groups -OCH3 is 1. The number of hydrogen-bond acceptors (Lipinski definition) is 7. The maximum absolute atomic E-state index is 5.96. The van der Waals surface area contributed by atoms with Gasteiger partial charge in [0, 0.05) is 11.7 Å². The number of anilines is 4. The van der Waals surface area contributed by atoms with Gasteiger partial charge in [-0.15, -0.1) is 0 Å². The van der Waals surface area contributed by atoms with Gasteiger partial charge in [-0.2, -0.15) is 17.6 Å². The Balaban J connectivity index is 0.00000100. The lowest BCUT2D eigenvalue weighted by atomic mass is 10.2. The average molecular weight is 347 g/mol. The van der Waals surface area contributed by atoms with Crippen molar-refractivity contribution < 1.29 is 4.74 Å². The average Bonchev–Trinajstić information content (AvgIpc) is 3.13. The summed E-state index contributed by atoms with van der Waals surface area (Å²) < 4.78 is 5.15. The molecule has 1 aromatic carbocycles. The van der Waals surface area contributed by atoms with Crippen LogP contribution in [0.2, 0.25) is 0 Å². The van der Waals surface area contributed by atoms with E-state index in [9.17, 15) is 0 Å². The normalized spacial score (nSPS) is 13.8. The van der Waals surface area contributed by atoms with Gasteiger partial charge in [0.1, 0.15) is 5.75 Å². The van der Waals surface area contributed by atoms with Gasteiger partial charge in [0.2, 0.25) is 5.95 Å². The summed E-state index contributed by atoms with van der Waals surface area (Å²) in [6.07, 6.45) is 8.22. The van der Waals surface area contributed by atoms with E-state index >= 15 is 0 Å². The zero-order chi connectivity index (χ0) is 17.4. The number of aromatic nitrogens is 2. The highest BCUT2D eigenvalue weighted by molar-refractivity contribution is 7.79. The Morgan fingerprint density at radius 2 is 1.83 bits per heavy atom. The molecule has 3 rings (SSSR count). The molecule has 7 heteroatoms. The molecule has 1 fully saturated rings. The predicted octanol–water partition coefficient (Wildman–Crippen LogP) is 3.71. The Labute approximate surface area is 148 Å². The molecule has 0 atom stereocenters. The summed E-state index contributed by atoms with van der Waals surface area (Å²) in [5, 5.41) is 6.59. The molecule has 0 radical (unpaired) electrons. The van der Waals surface area contributed by atoms with Crippen molar-refractivity contribution in [1.29, 1.82) is 0 Å². The minimum atomic E-state index is 0.470. The Bertz CT molecular complexity index is 629. The third-order valence-electron chi connectivity index (χ3n) is 3.86. The lowest BCUT2D eigenvalue weighted by Gasteiger charge is -2.14. The fourth-order valence-corrected chi connectivity index (χ4v) is 2.62. The molecule has 4 N–H and O–H groups in total. The zero-order valence-electron chi connectivity index (χ0n) is 14.1. The van der Waals surface area contributed by atoms with Crippen molar-refractivity contribution in [2.75, 3.05) is 29.7 Å². The van der Waals surface area contributed by atoms with Crippen molar-refractivity contribution in [3.63, 3.8) is 0 Å². The highest BCUT2D eigenvalue weighted by atomic mass is 32.1. The first-order chi connectivity index (χ1) is 11.7. The van der Waals surface area contributed by atoms with Crippen molar-refractivity contribution in [3.05, 3.63) is 30.5 Å². The Hall–Kier alpha value is -2.15. The van der Waals surface area contributed by atoms with Crippen LogP contribution in [0.4, 0.5) is 23.1 Å². The van der Waals surface area contributed by atoms with Crippen LogP contribution in [-0.2, 0) is 0 Å². The van der Waals surface area contributed by atoms with E-state index in [4.69, 9.17) is 10.5 Å². The van der Waals surface area contributed by atoms with Gasteiger partial charge in [0.25, 0.3) is 0 Å². The summed E-state index contributed by atoms with van der Waals surface area (Å²) in [5.74, 6) is 2.04. The van der Waals surface area contributed by atoms with Crippen molar-refractivity contribution in [1.82, 2.24) is 9.97 Å². The summed E-state index contributed by atoms with van der Waals surface area (Å²) in [7, 11) is 1.64. The van der Waals surface area contributed by atoms with E-state index in [1.54, 1.807) is 19.6 Å². The van der Waals surface area contributed by atoms with Gasteiger partial charge >= 0.3 is 0 Å². The number of nitrogen functional groups attached to an aromatic ring is 1. The van der Waals surface area contributed by atoms with Crippen LogP contribution in [0.15, 0.2) is 30.5 Å². The number of rotatable bonds is 5. The molecular formula is C17H25N5OS. The number of hydrogen-bond donors (Lipinski definition) is 4. The van der Waals surface area contributed by atoms with Crippen LogP contribution in [0.1, 0.15) is 25.7 Å². The SMILES string of the molecule is COc1ccc(Nc2nc(NC3CCCC3)ncc2N)cc1.CS. The Kier molecular flexibility index (Phi) is 6.99. The van der Waals surface area contributed by atoms with E-state index in [2.05, 4.69) is 33.2 Å². The molecule has 1 saturated carbocycles. The third kappa shape index (κ3) is 4.92. The molecular weight excluding hydrogens is 322 g/mol. The summed E-state index contributed by atoms with van der Waals surface area (Å²) in [4.78, 5) is 8.75. The van der Waals surface area contributed by atoms with E-state index in [1.165, 1.54) is 25.7 Å². The molecule has 2 aromatic rings. The van der Waals surface area contributed by atoms with Crippen LogP contribution in [0.3, 0.4) is 0 Å². The van der Waals surface area contributed by atoms with Crippen LogP contribution in [-0.4, -0.2) is 29.4 Å². The monoisotopic (exact) mass is 347 g/mol. The zero-order valence-corrected chi connectivity index (χ0v) is 15.0. The second-order valence-electron chi connectivity index (χ2n) is 5.48. The van der Waals surface area contributed by atoms with E-state index in [1.807, 2.05) is 24.3 Å². The number of nitrogens with one attached hydrogen (secondary N) is 2. The van der Waals surface area contributed by atoms with E-state index in [0.29, 0.717) is 23.5 Å². The molecule has 0 aliphatic heterocycles. The van der Waals surface area contributed by atoms with Gasteiger partial charge < -0.3 is 21.1 Å². The molecule has 24 heavy (non-hydrogen) atoms. The number of nitrogens with two attached hydrogens (primary N) is 1. The quantitative estimate of drug-likeness (QED) is 0.617. The van der Waals surface area contributed by atoms with Crippen LogP contribution in [0, 0.1) is 0 Å². The van der Waals surface area contributed by atoms with E-state index < -0.39 is 0 Å². The van der Waals surface area contributed by atoms with Gasteiger partial charge in [-0.1, -0.05) is 12.8 Å². The standard InChI is InChI=1S/C16H21N5O.CH4S/c1-22-13-8-6-12(7-9-13)19-15-14(17)10-18-16(21-15)20-11-4-2-3-5-11;1-2/h6-11H,2-5,17H2,1H3,(H2,18,19,20,21);2H,1H3. The maximum Gasteiger partial charge on any atom is 0.224 e. The molecule has 0 amide bonds. The van der Waals surface area contributed by atoms with Gasteiger partial charge in [-0.05, 0) is 43.4 Å². The molecule has 1 aliphatic carbocycles. The molecule has 1 aliphatic rings. The molecule has 0 bridgehead atoms. The van der Waals surface area contributed by atoms with Gasteiger partial charge in [0.05, 0.1) is 19.0 Å². The van der Waals surface area contributed by atoms with Crippen molar-refractivity contribution in [2.24, 2.45) is 0 Å². The molecule has 130 valence electrons. The fraction of sp³-hybridized carbons (Fsp3) is 0.412. The highest BCUT2D eigenvalue weighted by Gasteiger charge is 2.16. The first kappa shape index (κ1) is 18.2. The van der Waals surface area contributed by atoms with Crippen LogP contribution < -0.4 is 21.1 Å². The molecule has 1 aromatic heterocycles. The first-order valence-corrected chi connectivity index (χ1v) is 8.89. The van der Waals surface area contributed by atoms with E-state index in [-0.39, 0.29) is 0 Å². The maximum atomic E-state index is 5.96. The summed E-state index contributed by atoms with van der Waals surface area (Å²) in [6.45, 7) is 0. The number of nitrogens with zero attached hydrogens (tertiary/aromatic N) is 2. The number of ether oxygens (including phenoxy) is 1. The molecule has 0 saturated heterocycles. The minimum absolute atomic E-state index is 0.470. The predicted molar refractivity (Wildman–Crippen MR) is 104 cm³/mol. The number of benzene rings is 1. The van der Waals surface area contributed by atoms with Crippen molar-refractivity contribution in [3.8, 4) is 5.75 Å². The smallest absolute Gasteiger partial charge is 0.224 e. The van der Waals surface area contributed by atoms with Crippen LogP contribution in [0.5, 0.6) is 5.75 Å². The van der Waals surface area contributed by atoms with Crippen molar-refractivity contribution in [2.45, 2.75) is 31.7 Å². The van der Waals surface area contributed by atoms with Gasteiger partial charge in [-0.25, -0.2) is 4.98 Å². The largest absolute Gasteiger partial charge is 0.497 e. The molecule has 1 heterocycles. The molecule has 6 nitrogen and oxygen atoms in total. The summed E-state index contributed by atoms with van der Waals surface area (Å²) in [5.41, 5.74) is 7.38. The number of thiol groups is 1. The van der Waals surface area contributed by atoms with E-state index in [0.717, 1.165) is 11.4 Å². The lowest BCUT2D eigenvalue weighted by Crippen LogP contribution is -2.17. The first-order valence-electron chi connectivity index (χ1n) is 7.99. The van der Waals surface area contributed by atoms with Crippen LogP contribution >= 0.6 is 12.6 Å². The highest BCUT2D eigenvalue weighted by Crippen LogP contribution is 2.25. The second-order valence-corrected chi connectivity index (χ2v) is 5.48. The molecule has 0 spiro atoms. The summed E-state index contributed by atoms with van der Waals surface area (Å²) in [6, 6.07) is 8.08. The second kappa shape index (κ2) is 9.22. The summed E-state index contributed by atoms with van der Waals surface area (Å²) >= 11 is 3.53. The lowest BCUT2D eigenvalue weighted by molar-refractivity contribution is 0.415. The third-order valence-corrected chi connectivity index (χ3v) is 3.86. The topological polar surface area (TPSA) is 85.1 Å². The molecule has 0 unspecified atom stereocenters. The van der Waals surface area contributed by atoms with Gasteiger partial charge in [0.15, 0.2) is 5.82 Å².